The fourth-order valence-electron chi connectivity index (χ4n) is 5.97. The number of hydrogen-bond acceptors (Lipinski definition) is 7. The smallest absolute Gasteiger partial charge is 0.309 e. The zero-order chi connectivity index (χ0) is 32.8. The number of carbonyl (C=O) groups is 3. The minimum atomic E-state index is -1.23. The van der Waals surface area contributed by atoms with E-state index in [1.54, 1.807) is 17.0 Å². The third-order valence-electron chi connectivity index (χ3n) is 8.83. The van der Waals surface area contributed by atoms with E-state index in [2.05, 4.69) is 0 Å². The summed E-state index contributed by atoms with van der Waals surface area (Å²) in [6.45, 7) is -0.273. The molecule has 2 aliphatic rings. The number of hydrogen-bond donors (Lipinski definition) is 3. The summed E-state index contributed by atoms with van der Waals surface area (Å²) in [7, 11) is 0. The number of nitrogens with zero attached hydrogens (tertiary/aromatic N) is 1. The molecule has 2 saturated heterocycles. The number of benzene rings is 3. The van der Waals surface area contributed by atoms with Crippen molar-refractivity contribution in [2.75, 3.05) is 31.3 Å². The van der Waals surface area contributed by atoms with E-state index in [9.17, 15) is 33.4 Å². The normalized spacial score (nSPS) is 20.0. The Morgan fingerprint density at radius 1 is 0.978 bits per heavy atom. The first kappa shape index (κ1) is 33.3. The summed E-state index contributed by atoms with van der Waals surface area (Å²) in [5.41, 5.74) is 2.36. The molecule has 1 amide bonds. The molecule has 0 spiro atoms. The van der Waals surface area contributed by atoms with Gasteiger partial charge in [-0.3, -0.25) is 14.4 Å². The van der Waals surface area contributed by atoms with Gasteiger partial charge in [0.15, 0.2) is 5.78 Å². The Morgan fingerprint density at radius 2 is 1.61 bits per heavy atom. The van der Waals surface area contributed by atoms with Crippen LogP contribution in [-0.2, 0) is 30.3 Å². The van der Waals surface area contributed by atoms with Gasteiger partial charge >= 0.3 is 5.97 Å². The predicted molar refractivity (Wildman–Crippen MR) is 163 cm³/mol. The van der Waals surface area contributed by atoms with Crippen LogP contribution in [0.5, 0.6) is 0 Å². The number of halogens is 2. The number of aliphatic hydroxyl groups is 2. The summed E-state index contributed by atoms with van der Waals surface area (Å²) in [6, 6.07) is 18.8. The minimum absolute atomic E-state index is 0.126. The number of aliphatic hydroxyl groups excluding tert-OH is 2. The number of carboxylic acids is 1. The number of aryl methyl sites for hydroxylation is 1. The van der Waals surface area contributed by atoms with E-state index in [-0.39, 0.29) is 25.0 Å². The Labute approximate surface area is 265 Å². The van der Waals surface area contributed by atoms with E-state index in [4.69, 9.17) is 14.6 Å². The van der Waals surface area contributed by atoms with Crippen LogP contribution in [0.2, 0.25) is 0 Å². The Kier molecular flexibility index (Phi) is 10.6. The van der Waals surface area contributed by atoms with Gasteiger partial charge in [-0.15, -0.1) is 0 Å². The highest BCUT2D eigenvalue weighted by molar-refractivity contribution is 6.03. The monoisotopic (exact) mass is 637 g/mol. The van der Waals surface area contributed by atoms with Gasteiger partial charge in [0.25, 0.3) is 0 Å². The number of carboxylic acid groups (broad SMARTS) is 1. The summed E-state index contributed by atoms with van der Waals surface area (Å²) in [6.07, 6.45) is 0.711. The first-order chi connectivity index (χ1) is 22.1. The quantitative estimate of drug-likeness (QED) is 0.195. The molecule has 0 saturated carbocycles. The maximum Gasteiger partial charge on any atom is 0.309 e. The molecule has 0 bridgehead atoms. The summed E-state index contributed by atoms with van der Waals surface area (Å²) in [4.78, 5) is 38.4. The molecule has 46 heavy (non-hydrogen) atoms. The number of β-lactam (4-membered cyclic amide) rings is 1. The minimum Gasteiger partial charge on any atom is -0.481 e. The highest BCUT2D eigenvalue weighted by Gasteiger charge is 2.48. The number of carbonyl (C=O) groups excluding carboxylic acids is 2. The molecule has 4 atom stereocenters. The number of amides is 1. The van der Waals surface area contributed by atoms with Crippen molar-refractivity contribution in [1.29, 1.82) is 0 Å². The fourth-order valence-corrected chi connectivity index (χ4v) is 5.97. The second kappa shape index (κ2) is 14.6. The summed E-state index contributed by atoms with van der Waals surface area (Å²) >= 11 is 0. The van der Waals surface area contributed by atoms with Crippen LogP contribution in [0, 0.1) is 23.5 Å². The Hall–Kier alpha value is -4.03. The average molecular weight is 638 g/mol. The van der Waals surface area contributed by atoms with E-state index in [1.165, 1.54) is 36.4 Å². The van der Waals surface area contributed by atoms with Crippen molar-refractivity contribution in [3.8, 4) is 0 Å². The molecule has 2 heterocycles. The lowest BCUT2D eigenvalue weighted by Crippen LogP contribution is -2.55. The average Bonchev–Trinajstić information content (AvgIpc) is 3.03. The highest BCUT2D eigenvalue weighted by atomic mass is 19.1. The zero-order valence-electron chi connectivity index (χ0n) is 25.2. The molecule has 2 aliphatic heterocycles. The Bertz CT molecular complexity index is 1510. The third-order valence-corrected chi connectivity index (χ3v) is 8.83. The van der Waals surface area contributed by atoms with Crippen molar-refractivity contribution >= 4 is 23.3 Å². The first-order valence-electron chi connectivity index (χ1n) is 15.3. The molecule has 1 unspecified atom stereocenters. The van der Waals surface area contributed by atoms with Crippen molar-refractivity contribution in [1.82, 2.24) is 0 Å². The lowest BCUT2D eigenvalue weighted by atomic mass is 9.78. The molecule has 3 N–H and O–H groups in total. The first-order valence-corrected chi connectivity index (χ1v) is 15.3. The molecule has 244 valence electrons. The molecule has 9 nitrogen and oxygen atoms in total. The largest absolute Gasteiger partial charge is 0.481 e. The molecular weight excluding hydrogens is 600 g/mol. The Balaban J connectivity index is 1.23. The summed E-state index contributed by atoms with van der Waals surface area (Å²) in [5.74, 6) is -4.15. The number of ether oxygens (including phenoxy) is 2. The van der Waals surface area contributed by atoms with Crippen LogP contribution in [0.15, 0.2) is 72.8 Å². The number of anilines is 1. The molecule has 5 rings (SSSR count). The van der Waals surface area contributed by atoms with Gasteiger partial charge in [-0.1, -0.05) is 36.4 Å². The lowest BCUT2D eigenvalue weighted by Gasteiger charge is -2.48. The molecule has 3 aromatic carbocycles. The summed E-state index contributed by atoms with van der Waals surface area (Å²) < 4.78 is 38.2. The molecule has 3 aromatic rings. The molecule has 0 aromatic heterocycles. The SMILES string of the molecule is O=C(COC1(CCc2ccc([C@@H]3[C@@H](CC[C@H](O)c4ccc(F)cc4)C(=O)N3c3ccc(F)cc3)cc2)COC1)CC(CO)C(=O)O. The molecule has 0 aliphatic carbocycles. The Morgan fingerprint density at radius 3 is 2.17 bits per heavy atom. The highest BCUT2D eigenvalue weighted by Crippen LogP contribution is 2.46. The van der Waals surface area contributed by atoms with E-state index in [0.717, 1.165) is 11.1 Å². The molecule has 11 heteroatoms. The molecule has 2 fully saturated rings. The molecule has 0 radical (unpaired) electrons. The second-order valence-corrected chi connectivity index (χ2v) is 12.0. The van der Waals surface area contributed by atoms with Crippen LogP contribution in [-0.4, -0.2) is 65.0 Å². The maximum atomic E-state index is 13.7. The van der Waals surface area contributed by atoms with Crippen LogP contribution in [0.25, 0.3) is 0 Å². The van der Waals surface area contributed by atoms with Crippen molar-refractivity contribution in [2.24, 2.45) is 11.8 Å². The standard InChI is InChI=1S/C35H37F2NO8/c36-26-7-5-23(6-8-26)31(41)14-13-30-32(38(33(30)42)28-11-9-27(37)10-12-28)24-3-1-22(2-4-24)15-16-35(20-45-21-35)46-19-29(40)17-25(18-39)34(43)44/h1-12,25,30-32,39,41H,13-21H2,(H,43,44)/t25?,30-,31+,32-/m1/s1. The van der Waals surface area contributed by atoms with Crippen LogP contribution in [0.3, 0.4) is 0 Å². The van der Waals surface area contributed by atoms with Crippen molar-refractivity contribution in [3.05, 3.63) is 101 Å². The second-order valence-electron chi connectivity index (χ2n) is 12.0. The topological polar surface area (TPSA) is 134 Å². The number of rotatable bonds is 16. The number of aliphatic carboxylic acids is 1. The lowest BCUT2D eigenvalue weighted by molar-refractivity contribution is -0.212. The van der Waals surface area contributed by atoms with E-state index in [1.807, 2.05) is 24.3 Å². The third kappa shape index (κ3) is 7.67. The van der Waals surface area contributed by atoms with Gasteiger partial charge in [-0.25, -0.2) is 8.78 Å². The van der Waals surface area contributed by atoms with Crippen molar-refractivity contribution in [3.63, 3.8) is 0 Å². The van der Waals surface area contributed by atoms with Crippen LogP contribution in [0.1, 0.15) is 54.5 Å². The number of ketones is 1. The van der Waals surface area contributed by atoms with Gasteiger partial charge in [0.2, 0.25) is 5.91 Å². The fraction of sp³-hybridized carbons (Fsp3) is 0.400. The van der Waals surface area contributed by atoms with E-state index >= 15 is 0 Å². The van der Waals surface area contributed by atoms with Crippen LogP contribution < -0.4 is 4.90 Å². The zero-order valence-corrected chi connectivity index (χ0v) is 25.2. The predicted octanol–water partition coefficient (Wildman–Crippen LogP) is 4.55. The van der Waals surface area contributed by atoms with Gasteiger partial charge in [0.05, 0.1) is 43.8 Å². The van der Waals surface area contributed by atoms with Crippen LogP contribution >= 0.6 is 0 Å². The number of Topliss-reactive ketones (excluding diaryl/α,β-unsaturated/α-hetero) is 1. The summed E-state index contributed by atoms with van der Waals surface area (Å²) in [5, 5.41) is 29.0. The van der Waals surface area contributed by atoms with Gasteiger partial charge in [-0.05, 0) is 78.8 Å². The van der Waals surface area contributed by atoms with Gasteiger partial charge in [-0.2, -0.15) is 0 Å². The van der Waals surface area contributed by atoms with Crippen molar-refractivity contribution in [2.45, 2.75) is 49.9 Å². The van der Waals surface area contributed by atoms with Crippen molar-refractivity contribution < 1.29 is 48.0 Å². The van der Waals surface area contributed by atoms with Gasteiger partial charge in [0, 0.05) is 12.1 Å². The van der Waals surface area contributed by atoms with Crippen LogP contribution in [0.4, 0.5) is 14.5 Å². The van der Waals surface area contributed by atoms with E-state index < -0.39 is 53.5 Å². The molecular formula is C35H37F2NO8. The van der Waals surface area contributed by atoms with E-state index in [0.29, 0.717) is 50.1 Å². The van der Waals surface area contributed by atoms with Gasteiger partial charge < -0.3 is 29.7 Å². The maximum absolute atomic E-state index is 13.7. The van der Waals surface area contributed by atoms with Gasteiger partial charge in [0.1, 0.15) is 23.8 Å².